The highest BCUT2D eigenvalue weighted by molar-refractivity contribution is 5.66. The Morgan fingerprint density at radius 2 is 1.71 bits per heavy atom. The fourth-order valence-corrected chi connectivity index (χ4v) is 10.0. The first kappa shape index (κ1) is 26.3. The van der Waals surface area contributed by atoms with Crippen LogP contribution < -0.4 is 0 Å². The number of fused-ring (bicyclic) bond motifs is 5. The zero-order chi connectivity index (χ0) is 25.1. The summed E-state index contributed by atoms with van der Waals surface area (Å²) in [6.45, 7) is 21.6. The smallest absolute Gasteiger partial charge is 0.302 e. The lowest BCUT2D eigenvalue weighted by Gasteiger charge is -2.64. The Kier molecular flexibility index (Phi) is 6.92. The second-order valence-corrected chi connectivity index (χ2v) is 14.5. The minimum Gasteiger partial charge on any atom is -0.462 e. The van der Waals surface area contributed by atoms with Gasteiger partial charge in [-0.2, -0.15) is 0 Å². The minimum atomic E-state index is -0.116. The minimum absolute atomic E-state index is 0.0365. The van der Waals surface area contributed by atoms with Crippen molar-refractivity contribution in [2.24, 2.45) is 51.2 Å². The number of rotatable bonds is 6. The van der Waals surface area contributed by atoms with Crippen LogP contribution in [0.4, 0.5) is 0 Å². The van der Waals surface area contributed by atoms with Crippen LogP contribution in [0, 0.1) is 51.2 Å². The van der Waals surface area contributed by atoms with E-state index < -0.39 is 0 Å². The number of carbonyl (C=O) groups excluding carboxylic acids is 1. The van der Waals surface area contributed by atoms with Gasteiger partial charge in [0.1, 0.15) is 6.10 Å². The molecule has 34 heavy (non-hydrogen) atoms. The third kappa shape index (κ3) is 3.83. The molecule has 3 fully saturated rings. The van der Waals surface area contributed by atoms with Gasteiger partial charge in [0.2, 0.25) is 0 Å². The number of allylic oxidation sites excluding steroid dienone is 2. The molecule has 4 aliphatic rings. The van der Waals surface area contributed by atoms with Crippen molar-refractivity contribution < 1.29 is 9.53 Å². The van der Waals surface area contributed by atoms with Crippen LogP contribution in [-0.2, 0) is 9.53 Å². The van der Waals surface area contributed by atoms with Crippen molar-refractivity contribution in [1.29, 1.82) is 0 Å². The summed E-state index contributed by atoms with van der Waals surface area (Å²) in [6.07, 6.45) is 15.8. The van der Waals surface area contributed by atoms with Crippen LogP contribution in [0.5, 0.6) is 0 Å². The molecule has 9 atom stereocenters. The Balaban J connectivity index is 1.60. The molecule has 0 amide bonds. The van der Waals surface area contributed by atoms with E-state index in [0.29, 0.717) is 16.7 Å². The van der Waals surface area contributed by atoms with E-state index in [1.54, 1.807) is 12.5 Å². The van der Waals surface area contributed by atoms with E-state index in [0.717, 1.165) is 30.1 Å². The van der Waals surface area contributed by atoms with Gasteiger partial charge in [0.15, 0.2) is 0 Å². The van der Waals surface area contributed by atoms with Gasteiger partial charge in [-0.1, -0.05) is 86.3 Å². The maximum Gasteiger partial charge on any atom is 0.302 e. The van der Waals surface area contributed by atoms with Gasteiger partial charge >= 0.3 is 5.97 Å². The Morgan fingerprint density at radius 3 is 2.35 bits per heavy atom. The average molecular weight is 471 g/mol. The fourth-order valence-electron chi connectivity index (χ4n) is 10.0. The van der Waals surface area contributed by atoms with Gasteiger partial charge in [-0.3, -0.25) is 4.79 Å². The molecule has 0 aromatic rings. The highest BCUT2D eigenvalue weighted by Gasteiger charge is 2.65. The summed E-state index contributed by atoms with van der Waals surface area (Å²) in [5.74, 6) is 3.78. The first-order valence-corrected chi connectivity index (χ1v) is 14.7. The highest BCUT2D eigenvalue weighted by Crippen LogP contribution is 2.73. The molecule has 3 saturated carbocycles. The lowest BCUT2D eigenvalue weighted by atomic mass is 9.41. The molecule has 0 spiro atoms. The molecule has 194 valence electrons. The zero-order valence-corrected chi connectivity index (χ0v) is 23.9. The second-order valence-electron chi connectivity index (χ2n) is 14.5. The Hall–Kier alpha value is -0.790. The molecule has 0 bridgehead atoms. The molecule has 4 aliphatic carbocycles. The van der Waals surface area contributed by atoms with Crippen LogP contribution >= 0.6 is 0 Å². The average Bonchev–Trinajstić information content (AvgIpc) is 3.05. The number of hydrogen-bond donors (Lipinski definition) is 0. The monoisotopic (exact) mass is 470 g/mol. The number of carbonyl (C=O) groups is 1. The summed E-state index contributed by atoms with van der Waals surface area (Å²) in [7, 11) is 0. The van der Waals surface area contributed by atoms with Crippen molar-refractivity contribution in [2.45, 2.75) is 133 Å². The lowest BCUT2D eigenvalue weighted by Crippen LogP contribution is -2.58. The van der Waals surface area contributed by atoms with E-state index in [1.807, 2.05) is 0 Å². The molecule has 2 heteroatoms. The van der Waals surface area contributed by atoms with Crippen molar-refractivity contribution in [3.05, 3.63) is 11.6 Å². The number of ether oxygens (including phenoxy) is 1. The van der Waals surface area contributed by atoms with Gasteiger partial charge in [0, 0.05) is 12.3 Å². The Morgan fingerprint density at radius 1 is 1.00 bits per heavy atom. The summed E-state index contributed by atoms with van der Waals surface area (Å²) in [6, 6.07) is 0. The fraction of sp³-hybridized carbons (Fsp3) is 0.906. The molecule has 0 heterocycles. The summed E-state index contributed by atoms with van der Waals surface area (Å²) < 4.78 is 5.87. The maximum absolute atomic E-state index is 11.8. The Bertz CT molecular complexity index is 810. The second kappa shape index (κ2) is 8.95. The first-order valence-electron chi connectivity index (χ1n) is 14.7. The molecule has 0 aromatic heterocycles. The largest absolute Gasteiger partial charge is 0.462 e. The van der Waals surface area contributed by atoms with E-state index in [1.165, 1.54) is 57.8 Å². The third-order valence-electron chi connectivity index (χ3n) is 12.6. The van der Waals surface area contributed by atoms with E-state index in [9.17, 15) is 4.79 Å². The van der Waals surface area contributed by atoms with Crippen LogP contribution in [0.15, 0.2) is 11.6 Å². The normalized spacial score (nSPS) is 44.8. The first-order chi connectivity index (χ1) is 15.8. The van der Waals surface area contributed by atoms with Crippen LogP contribution in [-0.4, -0.2) is 12.1 Å². The van der Waals surface area contributed by atoms with Crippen molar-refractivity contribution in [3.8, 4) is 0 Å². The molecule has 0 N–H and O–H groups in total. The summed E-state index contributed by atoms with van der Waals surface area (Å²) >= 11 is 0. The maximum atomic E-state index is 11.8. The lowest BCUT2D eigenvalue weighted by molar-refractivity contribution is -0.170. The number of esters is 1. The molecule has 0 aromatic carbocycles. The van der Waals surface area contributed by atoms with Crippen molar-refractivity contribution in [3.63, 3.8) is 0 Å². The molecule has 0 saturated heterocycles. The molecule has 0 aliphatic heterocycles. The molecule has 4 unspecified atom stereocenters. The van der Waals surface area contributed by atoms with Crippen LogP contribution in [0.25, 0.3) is 0 Å². The molecular weight excluding hydrogens is 416 g/mol. The van der Waals surface area contributed by atoms with Gasteiger partial charge < -0.3 is 4.74 Å². The van der Waals surface area contributed by atoms with E-state index in [4.69, 9.17) is 4.74 Å². The summed E-state index contributed by atoms with van der Waals surface area (Å²) in [5.41, 5.74) is 2.95. The van der Waals surface area contributed by atoms with Gasteiger partial charge in [0.25, 0.3) is 0 Å². The topological polar surface area (TPSA) is 26.3 Å². The molecule has 4 rings (SSSR count). The third-order valence-corrected chi connectivity index (χ3v) is 12.6. The number of hydrogen-bond acceptors (Lipinski definition) is 2. The molecule has 2 nitrogen and oxygen atoms in total. The van der Waals surface area contributed by atoms with Gasteiger partial charge in [-0.25, -0.2) is 0 Å². The summed E-state index contributed by atoms with van der Waals surface area (Å²) in [5, 5.41) is 0. The van der Waals surface area contributed by atoms with Crippen molar-refractivity contribution in [1.82, 2.24) is 0 Å². The van der Waals surface area contributed by atoms with Crippen LogP contribution in [0.3, 0.4) is 0 Å². The van der Waals surface area contributed by atoms with E-state index in [2.05, 4.69) is 61.5 Å². The predicted octanol–water partition coefficient (Wildman–Crippen LogP) is 8.99. The van der Waals surface area contributed by atoms with Crippen molar-refractivity contribution >= 4 is 5.97 Å². The van der Waals surface area contributed by atoms with Crippen molar-refractivity contribution in [2.75, 3.05) is 0 Å². The molecular formula is C32H54O2. The Labute approximate surface area is 211 Å². The summed E-state index contributed by atoms with van der Waals surface area (Å²) in [4.78, 5) is 11.8. The molecule has 0 radical (unpaired) electrons. The van der Waals surface area contributed by atoms with Crippen LogP contribution in [0.1, 0.15) is 127 Å². The quantitative estimate of drug-likeness (QED) is 0.286. The zero-order valence-electron chi connectivity index (χ0n) is 23.9. The van der Waals surface area contributed by atoms with Gasteiger partial charge in [-0.05, 0) is 90.8 Å². The highest BCUT2D eigenvalue weighted by atomic mass is 16.5. The van der Waals surface area contributed by atoms with E-state index >= 15 is 0 Å². The van der Waals surface area contributed by atoms with Crippen LogP contribution in [0.2, 0.25) is 0 Å². The van der Waals surface area contributed by atoms with E-state index in [-0.39, 0.29) is 22.9 Å². The predicted molar refractivity (Wildman–Crippen MR) is 142 cm³/mol. The van der Waals surface area contributed by atoms with Gasteiger partial charge in [-0.15, -0.1) is 0 Å². The van der Waals surface area contributed by atoms with Gasteiger partial charge in [0.05, 0.1) is 0 Å². The SMILES string of the molecule is CCC(C)CC[C@H](C)C1CC[C@@]2(C)C3CCC4C(C)(C)[C@@H](OC(C)=O)CC[C@]4(C)C3=CC[C@]12C. The standard InChI is InChI=1S/C32H54O2/c1-10-21(2)11-12-22(3)24-15-19-32(9)26-13-14-27-29(5,6)28(34-23(4)33)17-18-30(27,7)25(26)16-20-31(24,32)8/h16,21-22,24,26-28H,10-15,17-20H2,1-9H3/t21?,22-,24?,26?,27?,28-,30+,31+,32-/m0/s1.